The highest BCUT2D eigenvalue weighted by Gasteiger charge is 2.33. The molecule has 1 aromatic carbocycles. The quantitative estimate of drug-likeness (QED) is 0.678. The van der Waals surface area contributed by atoms with Crippen LogP contribution in [0.2, 0.25) is 5.02 Å². The van der Waals surface area contributed by atoms with Crippen LogP contribution in [0.15, 0.2) is 42.6 Å². The van der Waals surface area contributed by atoms with Gasteiger partial charge in [0.15, 0.2) is 0 Å². The minimum Gasteiger partial charge on any atom is -0.384 e. The summed E-state index contributed by atoms with van der Waals surface area (Å²) in [6.45, 7) is 5.67. The molecular weight excluding hydrogens is 384 g/mol. The van der Waals surface area contributed by atoms with E-state index in [2.05, 4.69) is 27.4 Å². The lowest BCUT2D eigenvalue weighted by Crippen LogP contribution is -2.42. The zero-order valence-electron chi connectivity index (χ0n) is 16.9. The van der Waals surface area contributed by atoms with E-state index < -0.39 is 0 Å². The Morgan fingerprint density at radius 1 is 1.17 bits per heavy atom. The highest BCUT2D eigenvalue weighted by atomic mass is 35.5. The van der Waals surface area contributed by atoms with Gasteiger partial charge < -0.3 is 15.5 Å². The molecule has 6 heteroatoms. The number of carbonyl (C=O) groups excluding carboxylic acids is 1. The van der Waals surface area contributed by atoms with Crippen molar-refractivity contribution in [2.24, 2.45) is 11.8 Å². The first-order valence-corrected chi connectivity index (χ1v) is 11.0. The van der Waals surface area contributed by atoms with E-state index in [0.717, 1.165) is 24.2 Å². The smallest absolute Gasteiger partial charge is 0.258 e. The molecule has 1 aliphatic carbocycles. The van der Waals surface area contributed by atoms with Crippen molar-refractivity contribution < 1.29 is 4.79 Å². The Balaban J connectivity index is 1.31. The predicted octanol–water partition coefficient (Wildman–Crippen LogP) is 4.91. The van der Waals surface area contributed by atoms with Crippen molar-refractivity contribution in [2.75, 3.05) is 30.3 Å². The lowest BCUT2D eigenvalue weighted by Gasteiger charge is -2.36. The number of anilines is 2. The standard InChI is InChI=1S/C23H29ClN4O/c1-16(18-6-7-18)28-12-10-17(11-13-28)14-25-21-5-3-2-4-20(21)23(29)27-22-9-8-19(24)15-26-22/h2-5,8-9,15-18,25H,6-7,10-14H2,1H3,(H,26,27,29). The fraction of sp³-hybridized carbons (Fsp3) is 0.478. The molecule has 4 rings (SSSR count). The third-order valence-electron chi connectivity index (χ3n) is 6.25. The first-order chi connectivity index (χ1) is 14.1. The maximum Gasteiger partial charge on any atom is 0.258 e. The number of nitrogens with one attached hydrogen (secondary N) is 2. The number of carbonyl (C=O) groups is 1. The number of hydrogen-bond acceptors (Lipinski definition) is 4. The molecule has 5 nitrogen and oxygen atoms in total. The summed E-state index contributed by atoms with van der Waals surface area (Å²) in [6, 6.07) is 11.8. The van der Waals surface area contributed by atoms with Crippen LogP contribution in [-0.2, 0) is 0 Å². The topological polar surface area (TPSA) is 57.3 Å². The van der Waals surface area contributed by atoms with Crippen LogP contribution in [0.1, 0.15) is 43.0 Å². The summed E-state index contributed by atoms with van der Waals surface area (Å²) in [7, 11) is 0. The number of para-hydroxylation sites is 1. The Morgan fingerprint density at radius 3 is 2.62 bits per heavy atom. The molecule has 1 aromatic heterocycles. The molecule has 2 aliphatic rings. The number of rotatable bonds is 7. The van der Waals surface area contributed by atoms with Crippen molar-refractivity contribution in [2.45, 2.75) is 38.6 Å². The molecule has 1 saturated heterocycles. The number of halogens is 1. The highest BCUT2D eigenvalue weighted by Crippen LogP contribution is 2.36. The lowest BCUT2D eigenvalue weighted by atomic mass is 9.95. The lowest BCUT2D eigenvalue weighted by molar-refractivity contribution is 0.102. The second-order valence-corrected chi connectivity index (χ2v) is 8.74. The number of nitrogens with zero attached hydrogens (tertiary/aromatic N) is 2. The van der Waals surface area contributed by atoms with Crippen LogP contribution in [0.3, 0.4) is 0 Å². The Hall–Kier alpha value is -2.11. The van der Waals surface area contributed by atoms with Crippen LogP contribution in [-0.4, -0.2) is 41.5 Å². The van der Waals surface area contributed by atoms with E-state index in [0.29, 0.717) is 22.3 Å². The SMILES string of the molecule is CC(C1CC1)N1CCC(CNc2ccccc2C(=O)Nc2ccc(Cl)cn2)CC1. The van der Waals surface area contributed by atoms with Gasteiger partial charge >= 0.3 is 0 Å². The van der Waals surface area contributed by atoms with E-state index in [9.17, 15) is 4.79 Å². The molecule has 2 aromatic rings. The van der Waals surface area contributed by atoms with E-state index in [1.165, 1.54) is 45.0 Å². The van der Waals surface area contributed by atoms with Crippen LogP contribution in [0.4, 0.5) is 11.5 Å². The highest BCUT2D eigenvalue weighted by molar-refractivity contribution is 6.30. The molecular formula is C23H29ClN4O. The first kappa shape index (κ1) is 20.2. The van der Waals surface area contributed by atoms with Gasteiger partial charge in [-0.15, -0.1) is 0 Å². The normalized spacial score (nSPS) is 19.0. The zero-order valence-corrected chi connectivity index (χ0v) is 17.7. The number of piperidine rings is 1. The first-order valence-electron chi connectivity index (χ1n) is 10.6. The van der Waals surface area contributed by atoms with Gasteiger partial charge in [0.2, 0.25) is 0 Å². The monoisotopic (exact) mass is 412 g/mol. The Bertz CT molecular complexity index is 829. The number of benzene rings is 1. The largest absolute Gasteiger partial charge is 0.384 e. The molecule has 0 radical (unpaired) electrons. The van der Waals surface area contributed by atoms with Gasteiger partial charge in [-0.25, -0.2) is 4.98 Å². The van der Waals surface area contributed by atoms with Crippen molar-refractivity contribution in [1.82, 2.24) is 9.88 Å². The average Bonchev–Trinajstić information content (AvgIpc) is 3.59. The molecule has 1 saturated carbocycles. The molecule has 29 heavy (non-hydrogen) atoms. The van der Waals surface area contributed by atoms with Crippen LogP contribution in [0, 0.1) is 11.8 Å². The molecule has 2 fully saturated rings. The summed E-state index contributed by atoms with van der Waals surface area (Å²) < 4.78 is 0. The fourth-order valence-electron chi connectivity index (χ4n) is 4.16. The molecule has 154 valence electrons. The van der Waals surface area contributed by atoms with Crippen molar-refractivity contribution in [3.05, 3.63) is 53.2 Å². The fourth-order valence-corrected chi connectivity index (χ4v) is 4.28. The molecule has 1 aliphatic heterocycles. The van der Waals surface area contributed by atoms with Crippen LogP contribution in [0.5, 0.6) is 0 Å². The molecule has 2 N–H and O–H groups in total. The second-order valence-electron chi connectivity index (χ2n) is 8.30. The van der Waals surface area contributed by atoms with Crippen LogP contribution < -0.4 is 10.6 Å². The Kier molecular flexibility index (Phi) is 6.36. The molecule has 0 bridgehead atoms. The molecule has 1 atom stereocenters. The van der Waals surface area contributed by atoms with Gasteiger partial charge in [-0.05, 0) is 81.8 Å². The van der Waals surface area contributed by atoms with E-state index in [1.807, 2.05) is 24.3 Å². The van der Waals surface area contributed by atoms with Crippen molar-refractivity contribution in [1.29, 1.82) is 0 Å². The average molecular weight is 413 g/mol. The van der Waals surface area contributed by atoms with Gasteiger partial charge in [0.1, 0.15) is 5.82 Å². The zero-order chi connectivity index (χ0) is 20.2. The van der Waals surface area contributed by atoms with Crippen LogP contribution in [0.25, 0.3) is 0 Å². The molecule has 1 unspecified atom stereocenters. The maximum absolute atomic E-state index is 12.7. The molecule has 2 heterocycles. The number of likely N-dealkylation sites (tertiary alicyclic amines) is 1. The second kappa shape index (κ2) is 9.14. The summed E-state index contributed by atoms with van der Waals surface area (Å²) in [5.74, 6) is 1.90. The van der Waals surface area contributed by atoms with Gasteiger partial charge in [-0.3, -0.25) is 4.79 Å². The van der Waals surface area contributed by atoms with Gasteiger partial charge in [0, 0.05) is 24.5 Å². The van der Waals surface area contributed by atoms with E-state index >= 15 is 0 Å². The van der Waals surface area contributed by atoms with Gasteiger partial charge in [0.05, 0.1) is 10.6 Å². The summed E-state index contributed by atoms with van der Waals surface area (Å²) in [6.07, 6.45) is 6.78. The third-order valence-corrected chi connectivity index (χ3v) is 6.47. The van der Waals surface area contributed by atoms with E-state index in [-0.39, 0.29) is 5.91 Å². The number of pyridine rings is 1. The predicted molar refractivity (Wildman–Crippen MR) is 119 cm³/mol. The Morgan fingerprint density at radius 2 is 1.93 bits per heavy atom. The summed E-state index contributed by atoms with van der Waals surface area (Å²) in [5.41, 5.74) is 1.50. The van der Waals surface area contributed by atoms with Crippen LogP contribution >= 0.6 is 11.6 Å². The minimum atomic E-state index is -0.170. The van der Waals surface area contributed by atoms with E-state index in [1.54, 1.807) is 12.1 Å². The number of hydrogen-bond donors (Lipinski definition) is 2. The van der Waals surface area contributed by atoms with E-state index in [4.69, 9.17) is 11.6 Å². The summed E-state index contributed by atoms with van der Waals surface area (Å²) >= 11 is 5.86. The van der Waals surface area contributed by atoms with Gasteiger partial charge in [-0.2, -0.15) is 0 Å². The summed E-state index contributed by atoms with van der Waals surface area (Å²) in [4.78, 5) is 19.5. The van der Waals surface area contributed by atoms with Crippen molar-refractivity contribution in [3.8, 4) is 0 Å². The maximum atomic E-state index is 12.7. The van der Waals surface area contributed by atoms with Gasteiger partial charge in [-0.1, -0.05) is 23.7 Å². The number of aromatic nitrogens is 1. The third kappa shape index (κ3) is 5.28. The summed E-state index contributed by atoms with van der Waals surface area (Å²) in [5, 5.41) is 6.90. The van der Waals surface area contributed by atoms with Gasteiger partial charge in [0.25, 0.3) is 5.91 Å². The minimum absolute atomic E-state index is 0.170. The van der Waals surface area contributed by atoms with Crippen molar-refractivity contribution >= 4 is 29.0 Å². The Labute approximate surface area is 177 Å². The molecule has 1 amide bonds. The van der Waals surface area contributed by atoms with Crippen molar-refractivity contribution in [3.63, 3.8) is 0 Å². The molecule has 0 spiro atoms. The number of amides is 1.